The Hall–Kier alpha value is -3.19. The van der Waals surface area contributed by atoms with Crippen molar-refractivity contribution in [1.29, 1.82) is 0 Å². The Labute approximate surface area is 204 Å². The lowest BCUT2D eigenvalue weighted by Crippen LogP contribution is -2.55. The van der Waals surface area contributed by atoms with Gasteiger partial charge in [0.1, 0.15) is 17.1 Å². The van der Waals surface area contributed by atoms with Gasteiger partial charge in [0.25, 0.3) is 0 Å². The van der Waals surface area contributed by atoms with E-state index in [0.717, 1.165) is 12.8 Å². The first-order chi connectivity index (χ1) is 16.9. The first-order valence-electron chi connectivity index (χ1n) is 12.5. The summed E-state index contributed by atoms with van der Waals surface area (Å²) in [4.78, 5) is 42.3. The van der Waals surface area contributed by atoms with Gasteiger partial charge in [-0.3, -0.25) is 14.4 Å². The number of Topliss-reactive ketones (excluding diaryl/α,β-unsaturated/α-hetero) is 1. The summed E-state index contributed by atoms with van der Waals surface area (Å²) >= 11 is 0. The molecule has 7 nitrogen and oxygen atoms in total. The van der Waals surface area contributed by atoms with Gasteiger partial charge in [-0.1, -0.05) is 49.4 Å². The third-order valence-corrected chi connectivity index (χ3v) is 8.35. The van der Waals surface area contributed by atoms with Crippen molar-refractivity contribution in [2.45, 2.75) is 62.9 Å². The number of aryl methyl sites for hydroxylation is 1. The average molecular weight is 475 g/mol. The number of furan rings is 1. The second-order valence-corrected chi connectivity index (χ2v) is 10.4. The minimum atomic E-state index is -0.961. The Kier molecular flexibility index (Phi) is 5.22. The predicted molar refractivity (Wildman–Crippen MR) is 127 cm³/mol. The van der Waals surface area contributed by atoms with Gasteiger partial charge >= 0.3 is 0 Å². The summed E-state index contributed by atoms with van der Waals surface area (Å²) in [5.41, 5.74) is 0.265. The highest BCUT2D eigenvalue weighted by Crippen LogP contribution is 2.59. The molecule has 0 aliphatic carbocycles. The van der Waals surface area contributed by atoms with Crippen LogP contribution in [0.25, 0.3) is 0 Å². The van der Waals surface area contributed by atoms with E-state index in [1.165, 1.54) is 5.56 Å². The van der Waals surface area contributed by atoms with Crippen LogP contribution in [0.5, 0.6) is 0 Å². The lowest BCUT2D eigenvalue weighted by molar-refractivity contribution is -0.148. The number of benzene rings is 1. The maximum atomic E-state index is 14.0. The van der Waals surface area contributed by atoms with Gasteiger partial charge in [-0.2, -0.15) is 0 Å². The molecule has 1 N–H and O–H groups in total. The Bertz CT molecular complexity index is 1180. The van der Waals surface area contributed by atoms with E-state index in [4.69, 9.17) is 9.15 Å². The zero-order valence-electron chi connectivity index (χ0n) is 19.9. The second-order valence-electron chi connectivity index (χ2n) is 10.4. The normalized spacial score (nSPS) is 35.8. The number of amides is 2. The highest BCUT2D eigenvalue weighted by Gasteiger charge is 2.74. The molecule has 1 aromatic heterocycles. The van der Waals surface area contributed by atoms with Crippen molar-refractivity contribution in [2.24, 2.45) is 17.8 Å². The molecule has 4 aliphatic rings. The highest BCUT2D eigenvalue weighted by atomic mass is 16.5. The van der Waals surface area contributed by atoms with E-state index in [-0.39, 0.29) is 36.0 Å². The molecule has 7 heteroatoms. The monoisotopic (exact) mass is 474 g/mol. The van der Waals surface area contributed by atoms with Crippen LogP contribution in [0.15, 0.2) is 65.3 Å². The van der Waals surface area contributed by atoms with E-state index in [1.807, 2.05) is 44.2 Å². The van der Waals surface area contributed by atoms with E-state index in [9.17, 15) is 14.4 Å². The predicted octanol–water partition coefficient (Wildman–Crippen LogP) is 3.22. The van der Waals surface area contributed by atoms with Crippen molar-refractivity contribution >= 4 is 17.6 Å². The molecule has 0 saturated carbocycles. The molecule has 5 heterocycles. The fraction of sp³-hybridized carbons (Fsp3) is 0.464. The summed E-state index contributed by atoms with van der Waals surface area (Å²) < 4.78 is 12.1. The fourth-order valence-corrected chi connectivity index (χ4v) is 6.70. The summed E-state index contributed by atoms with van der Waals surface area (Å²) in [5.74, 6) is -1.25. The molecule has 3 saturated heterocycles. The third kappa shape index (κ3) is 3.32. The quantitative estimate of drug-likeness (QED) is 0.650. The number of nitrogens with zero attached hydrogens (tertiary/aromatic N) is 1. The molecule has 4 aliphatic heterocycles. The molecular weight excluding hydrogens is 444 g/mol. The number of ketones is 1. The van der Waals surface area contributed by atoms with Crippen LogP contribution in [0.3, 0.4) is 0 Å². The van der Waals surface area contributed by atoms with Gasteiger partial charge in [-0.25, -0.2) is 0 Å². The molecule has 1 aromatic carbocycles. The number of ether oxygens (including phenoxy) is 1. The van der Waals surface area contributed by atoms with Crippen molar-refractivity contribution < 1.29 is 23.5 Å². The molecule has 0 radical (unpaired) electrons. The summed E-state index contributed by atoms with van der Waals surface area (Å²) in [6, 6.07) is 12.8. The standard InChI is InChI=1S/C28H30N2O5/c1-16(10-11-18-7-4-3-5-8-18)29-26(32)23-22-12-13-28(35-22)24(23)27(33)30-19(21-9-6-14-34-21)15-20(31)17(2)25(28)30/h3-9,12-14,16-17,19,22-25H,10-11,15H2,1-2H3,(H,29,32)/t16-,17+,19-,22-,23+,24+,25-,28+/m1/s1. The second kappa shape index (κ2) is 8.19. The molecule has 2 aromatic rings. The Morgan fingerprint density at radius 3 is 2.74 bits per heavy atom. The molecule has 182 valence electrons. The average Bonchev–Trinajstić information content (AvgIpc) is 3.63. The SMILES string of the molecule is C[C@H](CCc1ccccc1)NC(=O)[C@@H]1[C@H]2C(=O)N3[C@@H](c4ccco4)CC(=O)[C@H](C)[C@@H]3[C@]23C=C[C@H]1O3. The summed E-state index contributed by atoms with van der Waals surface area (Å²) in [7, 11) is 0. The number of hydrogen-bond acceptors (Lipinski definition) is 5. The lowest BCUT2D eigenvalue weighted by Gasteiger charge is -2.43. The minimum absolute atomic E-state index is 0.0442. The molecule has 2 amide bonds. The number of nitrogens with one attached hydrogen (secondary N) is 1. The van der Waals surface area contributed by atoms with Gasteiger partial charge in [-0.05, 0) is 37.5 Å². The van der Waals surface area contributed by atoms with Crippen molar-refractivity contribution in [3.05, 3.63) is 72.2 Å². The van der Waals surface area contributed by atoms with Crippen LogP contribution in [0.1, 0.15) is 44.1 Å². The summed E-state index contributed by atoms with van der Waals surface area (Å²) in [6.45, 7) is 3.86. The number of piperidine rings is 1. The molecule has 35 heavy (non-hydrogen) atoms. The van der Waals surface area contributed by atoms with Crippen LogP contribution >= 0.6 is 0 Å². The van der Waals surface area contributed by atoms with Gasteiger partial charge in [0.15, 0.2) is 0 Å². The van der Waals surface area contributed by atoms with Crippen molar-refractivity contribution in [3.8, 4) is 0 Å². The van der Waals surface area contributed by atoms with Crippen molar-refractivity contribution in [3.63, 3.8) is 0 Å². The van der Waals surface area contributed by atoms with E-state index in [0.29, 0.717) is 5.76 Å². The van der Waals surface area contributed by atoms with Crippen LogP contribution in [0.2, 0.25) is 0 Å². The van der Waals surface area contributed by atoms with E-state index < -0.39 is 35.6 Å². The first kappa shape index (κ1) is 22.3. The van der Waals surface area contributed by atoms with Crippen molar-refractivity contribution in [1.82, 2.24) is 10.2 Å². The van der Waals surface area contributed by atoms with Gasteiger partial charge < -0.3 is 19.4 Å². The van der Waals surface area contributed by atoms with E-state index >= 15 is 0 Å². The first-order valence-corrected chi connectivity index (χ1v) is 12.5. The van der Waals surface area contributed by atoms with E-state index in [1.54, 1.807) is 23.3 Å². The Morgan fingerprint density at radius 2 is 2.00 bits per heavy atom. The van der Waals surface area contributed by atoms with Gasteiger partial charge in [0.05, 0.1) is 36.3 Å². The number of hydrogen-bond donors (Lipinski definition) is 1. The zero-order chi connectivity index (χ0) is 24.3. The van der Waals surface area contributed by atoms with Crippen LogP contribution in [-0.4, -0.2) is 46.3 Å². The number of rotatable bonds is 6. The Balaban J connectivity index is 1.25. The topological polar surface area (TPSA) is 88.9 Å². The Morgan fingerprint density at radius 1 is 1.20 bits per heavy atom. The number of carbonyl (C=O) groups excluding carboxylic acids is 3. The number of carbonyl (C=O) groups is 3. The van der Waals surface area contributed by atoms with Crippen LogP contribution in [0.4, 0.5) is 0 Å². The maximum absolute atomic E-state index is 14.0. The fourth-order valence-electron chi connectivity index (χ4n) is 6.70. The molecule has 1 spiro atoms. The van der Waals surface area contributed by atoms with Crippen LogP contribution < -0.4 is 5.32 Å². The smallest absolute Gasteiger partial charge is 0.230 e. The molecular formula is C28H30N2O5. The van der Waals surface area contributed by atoms with Crippen LogP contribution in [0, 0.1) is 17.8 Å². The van der Waals surface area contributed by atoms with E-state index in [2.05, 4.69) is 17.4 Å². The molecule has 8 atom stereocenters. The molecule has 0 unspecified atom stereocenters. The molecule has 6 rings (SSSR count). The van der Waals surface area contributed by atoms with Gasteiger partial charge in [0, 0.05) is 18.4 Å². The van der Waals surface area contributed by atoms with Crippen LogP contribution in [-0.2, 0) is 25.5 Å². The van der Waals surface area contributed by atoms with Gasteiger partial charge in [0.2, 0.25) is 11.8 Å². The lowest BCUT2D eigenvalue weighted by atomic mass is 9.70. The largest absolute Gasteiger partial charge is 0.467 e. The molecule has 3 fully saturated rings. The summed E-state index contributed by atoms with van der Waals surface area (Å²) in [6.07, 6.45) is 6.80. The van der Waals surface area contributed by atoms with Gasteiger partial charge in [-0.15, -0.1) is 0 Å². The summed E-state index contributed by atoms with van der Waals surface area (Å²) in [5, 5.41) is 3.14. The third-order valence-electron chi connectivity index (χ3n) is 8.35. The zero-order valence-corrected chi connectivity index (χ0v) is 19.9. The maximum Gasteiger partial charge on any atom is 0.230 e. The minimum Gasteiger partial charge on any atom is -0.467 e. The van der Waals surface area contributed by atoms with Crippen molar-refractivity contribution in [2.75, 3.05) is 0 Å². The molecule has 2 bridgehead atoms. The number of fused-ring (bicyclic) bond motifs is 2. The highest BCUT2D eigenvalue weighted by molar-refractivity contribution is 5.96.